The van der Waals surface area contributed by atoms with E-state index in [1.807, 2.05) is 0 Å². The maximum absolute atomic E-state index is 4.15. The molecule has 0 heterocycles. The van der Waals surface area contributed by atoms with Gasteiger partial charge in [0.15, 0.2) is 0 Å². The van der Waals surface area contributed by atoms with E-state index in [1.54, 1.807) is 0 Å². The van der Waals surface area contributed by atoms with Crippen molar-refractivity contribution in [2.24, 2.45) is 0 Å². The minimum atomic E-state index is -1.83. The third-order valence-corrected chi connectivity index (χ3v) is 9.31. The molecule has 0 saturated carbocycles. The molecule has 0 N–H and O–H groups in total. The average Bonchev–Trinajstić information content (AvgIpc) is 1.82. The number of hydrogen-bond acceptors (Lipinski definition) is 0. The molecule has 0 aliphatic carbocycles. The van der Waals surface area contributed by atoms with Crippen LogP contribution in [0.1, 0.15) is 6.42 Å². The maximum atomic E-state index is 4.15. The van der Waals surface area contributed by atoms with Crippen molar-refractivity contribution >= 4 is 26.5 Å². The monoisotopic (exact) mass is 302 g/mol. The molecule has 0 amide bonds. The summed E-state index contributed by atoms with van der Waals surface area (Å²) in [6.45, 7) is 11.0. The minimum absolute atomic E-state index is 0.948. The molecule has 0 fully saturated rings. The van der Waals surface area contributed by atoms with E-state index in [4.69, 9.17) is 0 Å². The van der Waals surface area contributed by atoms with Crippen LogP contribution in [0.15, 0.2) is 10.2 Å². The molecule has 0 atom stereocenters. The molecule has 0 aromatic carbocycles. The van der Waals surface area contributed by atoms with Gasteiger partial charge in [0.2, 0.25) is 0 Å². The van der Waals surface area contributed by atoms with Gasteiger partial charge in [-0.25, -0.2) is 0 Å². The van der Waals surface area contributed by atoms with Crippen LogP contribution < -0.4 is 0 Å². The molecule has 0 radical (unpaired) electrons. The van der Waals surface area contributed by atoms with E-state index in [0.29, 0.717) is 0 Å². The molecule has 0 aliphatic rings. The van der Waals surface area contributed by atoms with Gasteiger partial charge in [-0.1, -0.05) is 0 Å². The van der Waals surface area contributed by atoms with Crippen LogP contribution in [0.3, 0.4) is 0 Å². The van der Waals surface area contributed by atoms with E-state index in [0.717, 1.165) is 6.42 Å². The van der Waals surface area contributed by atoms with Crippen molar-refractivity contribution in [3.8, 4) is 11.5 Å². The van der Waals surface area contributed by atoms with Gasteiger partial charge in [-0.15, -0.1) is 0 Å². The first kappa shape index (κ1) is 13.3. The Morgan fingerprint density at radius 1 is 1.23 bits per heavy atom. The summed E-state index contributed by atoms with van der Waals surface area (Å²) >= 11 is -1.83. The van der Waals surface area contributed by atoms with Gasteiger partial charge < -0.3 is 0 Å². The molecular formula is C11H22SiSn. The Morgan fingerprint density at radius 3 is 2.00 bits per heavy atom. The van der Waals surface area contributed by atoms with E-state index in [1.165, 1.54) is 3.59 Å². The van der Waals surface area contributed by atoms with Crippen molar-refractivity contribution in [3.63, 3.8) is 0 Å². The molecule has 0 aromatic rings. The first-order valence-corrected chi connectivity index (χ1v) is 18.3. The summed E-state index contributed by atoms with van der Waals surface area (Å²) in [7, 11) is -1.16. The van der Waals surface area contributed by atoms with Gasteiger partial charge in [0, 0.05) is 0 Å². The molecule has 2 heteroatoms. The Kier molecular flexibility index (Phi) is 4.81. The van der Waals surface area contributed by atoms with Gasteiger partial charge in [-0.3, -0.25) is 0 Å². The number of rotatable bonds is 2. The molecule has 0 saturated heterocycles. The molecule has 0 aromatic heterocycles. The molecule has 0 unspecified atom stereocenters. The first-order valence-electron chi connectivity index (χ1n) is 4.81. The van der Waals surface area contributed by atoms with Crippen molar-refractivity contribution in [2.45, 2.75) is 40.9 Å². The van der Waals surface area contributed by atoms with E-state index in [-0.39, 0.29) is 0 Å². The fraction of sp³-hybridized carbons (Fsp3) is 0.636. The van der Waals surface area contributed by atoms with Crippen LogP contribution in [0.4, 0.5) is 0 Å². The van der Waals surface area contributed by atoms with Crippen molar-refractivity contribution in [2.75, 3.05) is 0 Å². The van der Waals surface area contributed by atoms with Gasteiger partial charge in [0.25, 0.3) is 0 Å². The standard InChI is InChI=1S/C8H13Si.3CH3.Sn/c1-5-6-7-8-9(2,3)4;;;;/h1,6H2,2-4H3;3*1H3;. The summed E-state index contributed by atoms with van der Waals surface area (Å²) < 4.78 is 1.44. The summed E-state index contributed by atoms with van der Waals surface area (Å²) in [6, 6.07) is 0. The predicted molar refractivity (Wildman–Crippen MR) is 68.2 cm³/mol. The number of allylic oxidation sites excluding steroid dienone is 1. The topological polar surface area (TPSA) is 0 Å². The molecule has 13 heavy (non-hydrogen) atoms. The van der Waals surface area contributed by atoms with Crippen LogP contribution in [0.2, 0.25) is 34.5 Å². The van der Waals surface area contributed by atoms with E-state index < -0.39 is 26.5 Å². The summed E-state index contributed by atoms with van der Waals surface area (Å²) in [6.07, 6.45) is 0.948. The quantitative estimate of drug-likeness (QED) is 0.539. The SMILES string of the molecule is C=[C](CC#C[Si](C)(C)C)[Sn]([CH3])([CH3])[CH3]. The fourth-order valence-corrected chi connectivity index (χ4v) is 3.07. The fourth-order valence-electron chi connectivity index (χ4n) is 0.681. The Hall–Kier alpha value is 0.316. The molecule has 0 aliphatic heterocycles. The van der Waals surface area contributed by atoms with Gasteiger partial charge in [0.1, 0.15) is 0 Å². The zero-order valence-electron chi connectivity index (χ0n) is 9.91. The Morgan fingerprint density at radius 2 is 1.69 bits per heavy atom. The molecular weight excluding hydrogens is 279 g/mol. The average molecular weight is 301 g/mol. The summed E-state index contributed by atoms with van der Waals surface area (Å²) in [5, 5.41) is 0. The zero-order chi connectivity index (χ0) is 10.7. The van der Waals surface area contributed by atoms with E-state index >= 15 is 0 Å². The predicted octanol–water partition coefficient (Wildman–Crippen LogP) is 3.69. The molecule has 0 spiro atoms. The van der Waals surface area contributed by atoms with Crippen molar-refractivity contribution in [3.05, 3.63) is 10.2 Å². The third kappa shape index (κ3) is 7.39. The van der Waals surface area contributed by atoms with Crippen LogP contribution in [0.25, 0.3) is 0 Å². The van der Waals surface area contributed by atoms with Gasteiger partial charge >= 0.3 is 89.0 Å². The Labute approximate surface area is 88.7 Å². The van der Waals surface area contributed by atoms with E-state index in [9.17, 15) is 0 Å². The Balaban J connectivity index is 4.18. The molecule has 0 nitrogen and oxygen atoms in total. The van der Waals surface area contributed by atoms with Crippen LogP contribution in [-0.2, 0) is 0 Å². The van der Waals surface area contributed by atoms with Crippen LogP contribution in [0.5, 0.6) is 0 Å². The van der Waals surface area contributed by atoms with Gasteiger partial charge in [-0.05, 0) is 0 Å². The van der Waals surface area contributed by atoms with Gasteiger partial charge in [-0.2, -0.15) is 0 Å². The van der Waals surface area contributed by atoms with E-state index in [2.05, 4.69) is 52.5 Å². The first-order chi connectivity index (χ1) is 5.63. The molecule has 74 valence electrons. The molecule has 0 bridgehead atoms. The van der Waals surface area contributed by atoms with Crippen molar-refractivity contribution in [1.82, 2.24) is 0 Å². The van der Waals surface area contributed by atoms with Crippen LogP contribution in [-0.4, -0.2) is 26.5 Å². The third-order valence-electron chi connectivity index (χ3n) is 1.83. The van der Waals surface area contributed by atoms with Gasteiger partial charge in [0.05, 0.1) is 0 Å². The van der Waals surface area contributed by atoms with Crippen LogP contribution >= 0.6 is 0 Å². The second-order valence-corrected chi connectivity index (χ2v) is 25.2. The zero-order valence-corrected chi connectivity index (χ0v) is 13.8. The second-order valence-electron chi connectivity index (χ2n) is 5.58. The van der Waals surface area contributed by atoms with Crippen molar-refractivity contribution < 1.29 is 0 Å². The van der Waals surface area contributed by atoms with Crippen molar-refractivity contribution in [1.29, 1.82) is 0 Å². The normalized spacial score (nSPS) is 11.8. The molecule has 0 rings (SSSR count). The second kappa shape index (κ2) is 4.70. The Bertz CT molecular complexity index is 242. The van der Waals surface area contributed by atoms with Crippen LogP contribution in [0, 0.1) is 11.5 Å². The summed E-state index contributed by atoms with van der Waals surface area (Å²) in [5.41, 5.74) is 3.39. The number of hydrogen-bond donors (Lipinski definition) is 0. The summed E-state index contributed by atoms with van der Waals surface area (Å²) in [4.78, 5) is 7.19. The summed E-state index contributed by atoms with van der Waals surface area (Å²) in [5.74, 6) is 3.30.